The number of amides is 1. The molecule has 0 aliphatic carbocycles. The summed E-state index contributed by atoms with van der Waals surface area (Å²) in [7, 11) is 1.47. The first-order valence-corrected chi connectivity index (χ1v) is 8.41. The largest absolute Gasteiger partial charge is 0.495 e. The van der Waals surface area contributed by atoms with Crippen molar-refractivity contribution in [1.82, 2.24) is 9.38 Å². The number of hydrogen-bond acceptors (Lipinski definition) is 4. The van der Waals surface area contributed by atoms with E-state index in [0.717, 1.165) is 21.7 Å². The van der Waals surface area contributed by atoms with Gasteiger partial charge in [-0.1, -0.05) is 23.5 Å². The van der Waals surface area contributed by atoms with Gasteiger partial charge in [0.15, 0.2) is 4.96 Å². The second kappa shape index (κ2) is 5.86. The highest BCUT2D eigenvalue weighted by molar-refractivity contribution is 7.19. The van der Waals surface area contributed by atoms with Gasteiger partial charge < -0.3 is 10.1 Å². The smallest absolute Gasteiger partial charge is 0.267 e. The van der Waals surface area contributed by atoms with Crippen LogP contribution in [0.3, 0.4) is 0 Å². The lowest BCUT2D eigenvalue weighted by Crippen LogP contribution is -2.13. The number of fused-ring (bicyclic) bond motifs is 3. The number of nitrogens with one attached hydrogen (secondary N) is 1. The van der Waals surface area contributed by atoms with Gasteiger partial charge in [0.05, 0.1) is 23.8 Å². The van der Waals surface area contributed by atoms with Gasteiger partial charge in [-0.05, 0) is 31.2 Å². The van der Waals surface area contributed by atoms with Crippen molar-refractivity contribution in [2.24, 2.45) is 0 Å². The van der Waals surface area contributed by atoms with E-state index in [1.165, 1.54) is 36.6 Å². The molecule has 0 aliphatic heterocycles. The minimum Gasteiger partial charge on any atom is -0.495 e. The second-order valence-corrected chi connectivity index (χ2v) is 6.51. The molecular formula is C18H14FN3O2S. The summed E-state index contributed by atoms with van der Waals surface area (Å²) in [6.45, 7) is 1.87. The third-order valence-electron chi connectivity index (χ3n) is 4.00. The van der Waals surface area contributed by atoms with Crippen LogP contribution in [0.5, 0.6) is 5.75 Å². The molecule has 7 heteroatoms. The molecule has 0 saturated carbocycles. The normalized spacial score (nSPS) is 11.2. The van der Waals surface area contributed by atoms with Crippen molar-refractivity contribution < 1.29 is 13.9 Å². The SMILES string of the molecule is COc1ccc(F)cc1NC(=O)c1sc2nc3ccccc3n2c1C. The molecule has 0 atom stereocenters. The van der Waals surface area contributed by atoms with Gasteiger partial charge in [0.25, 0.3) is 5.91 Å². The number of thiazole rings is 1. The van der Waals surface area contributed by atoms with Crippen molar-refractivity contribution in [3.8, 4) is 5.75 Å². The van der Waals surface area contributed by atoms with Crippen molar-refractivity contribution in [1.29, 1.82) is 0 Å². The van der Waals surface area contributed by atoms with Crippen LogP contribution in [0.25, 0.3) is 16.0 Å². The highest BCUT2D eigenvalue weighted by atomic mass is 32.1. The molecule has 1 N–H and O–H groups in total. The number of methoxy groups -OCH3 is 1. The molecule has 4 rings (SSSR count). The van der Waals surface area contributed by atoms with Crippen LogP contribution in [-0.4, -0.2) is 22.4 Å². The maximum atomic E-state index is 13.5. The summed E-state index contributed by atoms with van der Waals surface area (Å²) in [6.07, 6.45) is 0. The Kier molecular flexibility index (Phi) is 3.65. The van der Waals surface area contributed by atoms with E-state index in [-0.39, 0.29) is 5.91 Å². The summed E-state index contributed by atoms with van der Waals surface area (Å²) in [4.78, 5) is 18.5. The topological polar surface area (TPSA) is 55.6 Å². The Balaban J connectivity index is 1.76. The average molecular weight is 355 g/mol. The van der Waals surface area contributed by atoms with Crippen LogP contribution in [0.15, 0.2) is 42.5 Å². The average Bonchev–Trinajstić information content (AvgIpc) is 3.12. The fourth-order valence-electron chi connectivity index (χ4n) is 2.83. The minimum atomic E-state index is -0.445. The Labute approximate surface area is 146 Å². The Hall–Kier alpha value is -2.93. The third-order valence-corrected chi connectivity index (χ3v) is 5.14. The number of imidazole rings is 1. The number of rotatable bonds is 3. The number of anilines is 1. The van der Waals surface area contributed by atoms with Crippen LogP contribution in [-0.2, 0) is 0 Å². The molecule has 25 heavy (non-hydrogen) atoms. The summed E-state index contributed by atoms with van der Waals surface area (Å²) in [6, 6.07) is 11.8. The Morgan fingerprint density at radius 2 is 2.08 bits per heavy atom. The van der Waals surface area contributed by atoms with Gasteiger partial charge in [0.2, 0.25) is 0 Å². The molecule has 0 bridgehead atoms. The number of para-hydroxylation sites is 2. The van der Waals surface area contributed by atoms with Crippen molar-refractivity contribution in [3.63, 3.8) is 0 Å². The van der Waals surface area contributed by atoms with Crippen LogP contribution in [0.4, 0.5) is 10.1 Å². The molecule has 0 unspecified atom stereocenters. The number of hydrogen-bond donors (Lipinski definition) is 1. The number of benzene rings is 2. The van der Waals surface area contributed by atoms with Crippen LogP contribution >= 0.6 is 11.3 Å². The quantitative estimate of drug-likeness (QED) is 0.597. The molecule has 2 aromatic carbocycles. The van der Waals surface area contributed by atoms with Crippen molar-refractivity contribution in [2.75, 3.05) is 12.4 Å². The molecule has 0 spiro atoms. The van der Waals surface area contributed by atoms with E-state index in [1.54, 1.807) is 0 Å². The zero-order chi connectivity index (χ0) is 17.6. The number of aryl methyl sites for hydroxylation is 1. The molecular weight excluding hydrogens is 341 g/mol. The van der Waals surface area contributed by atoms with Crippen molar-refractivity contribution >= 4 is 38.9 Å². The fraction of sp³-hybridized carbons (Fsp3) is 0.111. The van der Waals surface area contributed by atoms with Crippen LogP contribution in [0, 0.1) is 12.7 Å². The summed E-state index contributed by atoms with van der Waals surface area (Å²) >= 11 is 1.30. The summed E-state index contributed by atoms with van der Waals surface area (Å²) in [5.41, 5.74) is 2.92. The monoisotopic (exact) mass is 355 g/mol. The second-order valence-electron chi connectivity index (χ2n) is 5.53. The van der Waals surface area contributed by atoms with Gasteiger partial charge in [-0.3, -0.25) is 9.20 Å². The summed E-state index contributed by atoms with van der Waals surface area (Å²) < 4.78 is 20.6. The van der Waals surface area contributed by atoms with Crippen LogP contribution < -0.4 is 10.1 Å². The van der Waals surface area contributed by atoms with Gasteiger partial charge in [-0.15, -0.1) is 0 Å². The number of aromatic nitrogens is 2. The van der Waals surface area contributed by atoms with E-state index >= 15 is 0 Å². The molecule has 4 aromatic rings. The Bertz CT molecular complexity index is 1120. The molecule has 0 fully saturated rings. The maximum Gasteiger partial charge on any atom is 0.267 e. The standard InChI is InChI=1S/C18H14FN3O2S/c1-10-16(17(23)20-13-9-11(19)7-8-15(13)24-2)25-18-21-12-5-3-4-6-14(12)22(10)18/h3-9H,1-2H3,(H,20,23). The van der Waals surface area contributed by atoms with Crippen molar-refractivity contribution in [3.05, 3.63) is 58.9 Å². The zero-order valence-electron chi connectivity index (χ0n) is 13.5. The molecule has 2 heterocycles. The Morgan fingerprint density at radius 3 is 2.88 bits per heavy atom. The third kappa shape index (κ3) is 2.53. The maximum absolute atomic E-state index is 13.5. The molecule has 5 nitrogen and oxygen atoms in total. The zero-order valence-corrected chi connectivity index (χ0v) is 14.4. The highest BCUT2D eigenvalue weighted by Gasteiger charge is 2.20. The number of nitrogens with zero attached hydrogens (tertiary/aromatic N) is 2. The van der Waals surface area contributed by atoms with E-state index in [4.69, 9.17) is 4.74 Å². The van der Waals surface area contributed by atoms with Crippen LogP contribution in [0.1, 0.15) is 15.4 Å². The van der Waals surface area contributed by atoms with E-state index < -0.39 is 5.82 Å². The number of carbonyl (C=O) groups is 1. The van der Waals surface area contributed by atoms with Crippen LogP contribution in [0.2, 0.25) is 0 Å². The lowest BCUT2D eigenvalue weighted by atomic mass is 10.2. The number of halogens is 1. The van der Waals surface area contributed by atoms with E-state index in [2.05, 4.69) is 10.3 Å². The lowest BCUT2D eigenvalue weighted by Gasteiger charge is -2.09. The lowest BCUT2D eigenvalue weighted by molar-refractivity contribution is 0.102. The van der Waals surface area contributed by atoms with Gasteiger partial charge in [-0.25, -0.2) is 9.37 Å². The molecule has 0 saturated heterocycles. The van der Waals surface area contributed by atoms with E-state index in [9.17, 15) is 9.18 Å². The molecule has 0 radical (unpaired) electrons. The first-order valence-electron chi connectivity index (χ1n) is 7.60. The molecule has 126 valence electrons. The predicted octanol–water partition coefficient (Wildman–Crippen LogP) is 4.26. The van der Waals surface area contributed by atoms with Gasteiger partial charge in [-0.2, -0.15) is 0 Å². The van der Waals surface area contributed by atoms with Crippen molar-refractivity contribution in [2.45, 2.75) is 6.92 Å². The van der Waals surface area contributed by atoms with Gasteiger partial charge >= 0.3 is 0 Å². The molecule has 1 amide bonds. The van der Waals surface area contributed by atoms with E-state index in [0.29, 0.717) is 16.3 Å². The Morgan fingerprint density at radius 1 is 1.28 bits per heavy atom. The fourth-order valence-corrected chi connectivity index (χ4v) is 3.87. The summed E-state index contributed by atoms with van der Waals surface area (Å²) in [5, 5.41) is 2.72. The minimum absolute atomic E-state index is 0.294. The van der Waals surface area contributed by atoms with Gasteiger partial charge in [0.1, 0.15) is 16.4 Å². The molecule has 0 aliphatic rings. The number of carbonyl (C=O) groups excluding carboxylic acids is 1. The van der Waals surface area contributed by atoms with Gasteiger partial charge in [0, 0.05) is 11.8 Å². The first kappa shape index (κ1) is 15.6. The highest BCUT2D eigenvalue weighted by Crippen LogP contribution is 2.30. The molecule has 2 aromatic heterocycles. The predicted molar refractivity (Wildman–Crippen MR) is 96.2 cm³/mol. The number of ether oxygens (including phenoxy) is 1. The first-order chi connectivity index (χ1) is 12.1. The van der Waals surface area contributed by atoms with E-state index in [1.807, 2.05) is 35.6 Å². The summed E-state index contributed by atoms with van der Waals surface area (Å²) in [5.74, 6) is -0.361.